The number of aryl methyl sites for hydroxylation is 2. The van der Waals surface area contributed by atoms with E-state index in [0.717, 1.165) is 38.9 Å². The lowest BCUT2D eigenvalue weighted by molar-refractivity contribution is 0.0952. The predicted molar refractivity (Wildman–Crippen MR) is 112 cm³/mol. The van der Waals surface area contributed by atoms with E-state index in [1.165, 1.54) is 0 Å². The topological polar surface area (TPSA) is 54.9 Å². The lowest BCUT2D eigenvalue weighted by atomic mass is 10.0. The summed E-state index contributed by atoms with van der Waals surface area (Å²) in [6, 6.07) is 19.7. The average molecular weight is 367 g/mol. The van der Waals surface area contributed by atoms with Gasteiger partial charge in [-0.1, -0.05) is 35.9 Å². The van der Waals surface area contributed by atoms with Crippen molar-refractivity contribution in [2.75, 3.05) is 0 Å². The van der Waals surface area contributed by atoms with E-state index in [1.807, 2.05) is 74.5 Å². The van der Waals surface area contributed by atoms with E-state index >= 15 is 0 Å². The first-order valence-corrected chi connectivity index (χ1v) is 9.26. The molecule has 2 aromatic heterocycles. The summed E-state index contributed by atoms with van der Waals surface area (Å²) in [5.74, 6) is -0.105. The second kappa shape index (κ2) is 7.61. The van der Waals surface area contributed by atoms with Crippen LogP contribution in [0.2, 0.25) is 0 Å². The van der Waals surface area contributed by atoms with Gasteiger partial charge in [-0.2, -0.15) is 0 Å². The quantitative estimate of drug-likeness (QED) is 0.561. The Morgan fingerprint density at radius 1 is 1.00 bits per heavy atom. The minimum Gasteiger partial charge on any atom is -0.348 e. The number of rotatable bonds is 4. The molecule has 0 fully saturated rings. The number of amides is 1. The Morgan fingerprint density at radius 3 is 2.64 bits per heavy atom. The van der Waals surface area contributed by atoms with Crippen LogP contribution in [0.1, 0.15) is 27.0 Å². The Labute approximate surface area is 164 Å². The highest BCUT2D eigenvalue weighted by molar-refractivity contribution is 6.07. The van der Waals surface area contributed by atoms with Crippen molar-refractivity contribution >= 4 is 16.8 Å². The van der Waals surface area contributed by atoms with Crippen molar-refractivity contribution in [3.8, 4) is 11.3 Å². The van der Waals surface area contributed by atoms with Crippen LogP contribution in [0.5, 0.6) is 0 Å². The molecule has 4 heteroatoms. The highest BCUT2D eigenvalue weighted by atomic mass is 16.1. The molecule has 0 aliphatic heterocycles. The summed E-state index contributed by atoms with van der Waals surface area (Å²) in [7, 11) is 0. The van der Waals surface area contributed by atoms with Crippen molar-refractivity contribution in [3.05, 3.63) is 95.3 Å². The molecule has 0 saturated heterocycles. The van der Waals surface area contributed by atoms with Gasteiger partial charge < -0.3 is 5.32 Å². The lowest BCUT2D eigenvalue weighted by Crippen LogP contribution is -2.23. The van der Waals surface area contributed by atoms with Gasteiger partial charge in [0.15, 0.2) is 0 Å². The summed E-state index contributed by atoms with van der Waals surface area (Å²) in [6.07, 6.45) is 3.49. The number of hydrogen-bond donors (Lipinski definition) is 1. The Kier molecular flexibility index (Phi) is 4.85. The van der Waals surface area contributed by atoms with Crippen molar-refractivity contribution < 1.29 is 4.79 Å². The number of carbonyl (C=O) groups is 1. The molecular formula is C24H21N3O. The third kappa shape index (κ3) is 3.62. The Balaban J connectivity index is 1.74. The van der Waals surface area contributed by atoms with Crippen LogP contribution in [0.4, 0.5) is 0 Å². The van der Waals surface area contributed by atoms with E-state index in [4.69, 9.17) is 4.98 Å². The molecule has 0 unspecified atom stereocenters. The number of benzene rings is 2. The van der Waals surface area contributed by atoms with Crippen LogP contribution in [0.3, 0.4) is 0 Å². The summed E-state index contributed by atoms with van der Waals surface area (Å²) < 4.78 is 0. The second-order valence-electron chi connectivity index (χ2n) is 6.93. The summed E-state index contributed by atoms with van der Waals surface area (Å²) in [5, 5.41) is 3.92. The van der Waals surface area contributed by atoms with E-state index in [-0.39, 0.29) is 5.91 Å². The summed E-state index contributed by atoms with van der Waals surface area (Å²) >= 11 is 0. The van der Waals surface area contributed by atoms with Gasteiger partial charge in [0, 0.05) is 29.9 Å². The van der Waals surface area contributed by atoms with Crippen LogP contribution in [0, 0.1) is 13.8 Å². The third-order valence-corrected chi connectivity index (χ3v) is 4.87. The molecule has 0 atom stereocenters. The number of nitrogens with one attached hydrogen (secondary N) is 1. The molecule has 1 N–H and O–H groups in total. The lowest BCUT2D eigenvalue weighted by Gasteiger charge is -2.12. The first kappa shape index (κ1) is 17.9. The minimum absolute atomic E-state index is 0.105. The van der Waals surface area contributed by atoms with E-state index in [0.29, 0.717) is 12.1 Å². The highest BCUT2D eigenvalue weighted by Crippen LogP contribution is 2.25. The fourth-order valence-corrected chi connectivity index (χ4v) is 3.27. The van der Waals surface area contributed by atoms with Crippen molar-refractivity contribution in [1.29, 1.82) is 0 Å². The molecule has 28 heavy (non-hydrogen) atoms. The first-order chi connectivity index (χ1) is 13.6. The average Bonchev–Trinajstić information content (AvgIpc) is 2.73. The number of aromatic nitrogens is 2. The second-order valence-corrected chi connectivity index (χ2v) is 6.93. The van der Waals surface area contributed by atoms with Gasteiger partial charge in [0.2, 0.25) is 0 Å². The number of pyridine rings is 2. The number of fused-ring (bicyclic) bond motifs is 1. The van der Waals surface area contributed by atoms with Gasteiger partial charge in [0.1, 0.15) is 0 Å². The maximum absolute atomic E-state index is 13.1. The largest absolute Gasteiger partial charge is 0.348 e. The maximum Gasteiger partial charge on any atom is 0.252 e. The first-order valence-electron chi connectivity index (χ1n) is 9.26. The molecule has 0 aliphatic rings. The Morgan fingerprint density at radius 2 is 1.86 bits per heavy atom. The van der Waals surface area contributed by atoms with Gasteiger partial charge in [0.05, 0.1) is 16.8 Å². The molecule has 0 saturated carbocycles. The van der Waals surface area contributed by atoms with E-state index in [9.17, 15) is 4.79 Å². The molecule has 0 radical (unpaired) electrons. The molecule has 1 amide bonds. The smallest absolute Gasteiger partial charge is 0.252 e. The van der Waals surface area contributed by atoms with Crippen LogP contribution in [0.25, 0.3) is 22.2 Å². The van der Waals surface area contributed by atoms with Gasteiger partial charge in [0.25, 0.3) is 5.91 Å². The molecular weight excluding hydrogens is 346 g/mol. The Hall–Kier alpha value is -3.53. The molecule has 4 nitrogen and oxygen atoms in total. The summed E-state index contributed by atoms with van der Waals surface area (Å²) in [5.41, 5.74) is 6.42. The van der Waals surface area contributed by atoms with Crippen molar-refractivity contribution in [2.24, 2.45) is 0 Å². The molecule has 0 bridgehead atoms. The fraction of sp³-hybridized carbons (Fsp3) is 0.125. The zero-order valence-corrected chi connectivity index (χ0v) is 15.9. The maximum atomic E-state index is 13.1. The van der Waals surface area contributed by atoms with Gasteiger partial charge in [-0.05, 0) is 55.3 Å². The molecule has 2 heterocycles. The van der Waals surface area contributed by atoms with E-state index in [1.54, 1.807) is 12.4 Å². The number of hydrogen-bond acceptors (Lipinski definition) is 3. The number of carbonyl (C=O) groups excluding carboxylic acids is 1. The standard InChI is InChI=1S/C24H21N3O/c1-16-9-10-22-20(12-16)21(13-23(27-22)19-8-5-11-25-14-19)24(28)26-15-18-7-4-3-6-17(18)2/h3-14H,15H2,1-2H3,(H,26,28). The zero-order valence-electron chi connectivity index (χ0n) is 15.9. The van der Waals surface area contributed by atoms with Crippen molar-refractivity contribution in [1.82, 2.24) is 15.3 Å². The molecule has 0 spiro atoms. The Bertz CT molecular complexity index is 1150. The van der Waals surface area contributed by atoms with Gasteiger partial charge in [-0.3, -0.25) is 9.78 Å². The molecule has 4 aromatic rings. The molecule has 2 aromatic carbocycles. The minimum atomic E-state index is -0.105. The molecule has 138 valence electrons. The predicted octanol–water partition coefficient (Wildman–Crippen LogP) is 4.84. The van der Waals surface area contributed by atoms with Crippen molar-refractivity contribution in [2.45, 2.75) is 20.4 Å². The monoisotopic (exact) mass is 367 g/mol. The van der Waals surface area contributed by atoms with Crippen LogP contribution in [-0.4, -0.2) is 15.9 Å². The zero-order chi connectivity index (χ0) is 19.5. The van der Waals surface area contributed by atoms with Gasteiger partial charge >= 0.3 is 0 Å². The number of nitrogens with zero attached hydrogens (tertiary/aromatic N) is 2. The molecule has 0 aliphatic carbocycles. The van der Waals surface area contributed by atoms with Crippen LogP contribution in [0.15, 0.2) is 73.1 Å². The van der Waals surface area contributed by atoms with E-state index < -0.39 is 0 Å². The van der Waals surface area contributed by atoms with Gasteiger partial charge in [-0.25, -0.2) is 4.98 Å². The SMILES string of the molecule is Cc1ccc2nc(-c3cccnc3)cc(C(=O)NCc3ccccc3C)c2c1. The normalized spacial score (nSPS) is 10.8. The van der Waals surface area contributed by atoms with Crippen molar-refractivity contribution in [3.63, 3.8) is 0 Å². The molecule has 4 rings (SSSR count). The van der Waals surface area contributed by atoms with E-state index in [2.05, 4.69) is 10.3 Å². The van der Waals surface area contributed by atoms with Crippen LogP contribution < -0.4 is 5.32 Å². The van der Waals surface area contributed by atoms with Crippen LogP contribution in [-0.2, 0) is 6.54 Å². The summed E-state index contributed by atoms with van der Waals surface area (Å²) in [4.78, 5) is 22.0. The van der Waals surface area contributed by atoms with Crippen LogP contribution >= 0.6 is 0 Å². The summed E-state index contributed by atoms with van der Waals surface area (Å²) in [6.45, 7) is 4.56. The third-order valence-electron chi connectivity index (χ3n) is 4.87. The highest BCUT2D eigenvalue weighted by Gasteiger charge is 2.14. The van der Waals surface area contributed by atoms with Gasteiger partial charge in [-0.15, -0.1) is 0 Å². The fourth-order valence-electron chi connectivity index (χ4n) is 3.27.